The Morgan fingerprint density at radius 3 is 2.66 bits per heavy atom. The summed E-state index contributed by atoms with van der Waals surface area (Å²) < 4.78 is 0. The summed E-state index contributed by atoms with van der Waals surface area (Å²) in [4.78, 5) is 16.1. The third-order valence-electron chi connectivity index (χ3n) is 7.05. The highest BCUT2D eigenvalue weighted by atomic mass is 16.2. The minimum atomic E-state index is -0.126. The molecule has 2 aliphatic rings. The van der Waals surface area contributed by atoms with Crippen LogP contribution in [-0.4, -0.2) is 16.6 Å². The lowest BCUT2D eigenvalue weighted by Gasteiger charge is -2.25. The molecule has 4 heteroatoms. The summed E-state index contributed by atoms with van der Waals surface area (Å²) in [6, 6.07) is 15.0. The fraction of sp³-hybridized carbons (Fsp3) is 0.360. The highest BCUT2D eigenvalue weighted by molar-refractivity contribution is 6.20. The van der Waals surface area contributed by atoms with Crippen molar-refractivity contribution in [3.8, 4) is 0 Å². The number of nitrogens with one attached hydrogen (secondary N) is 2. The second-order valence-corrected chi connectivity index (χ2v) is 8.65. The second kappa shape index (κ2) is 6.87. The van der Waals surface area contributed by atoms with E-state index in [-0.39, 0.29) is 5.91 Å². The van der Waals surface area contributed by atoms with Crippen molar-refractivity contribution in [2.24, 2.45) is 11.0 Å². The molecule has 4 nitrogen and oxygen atoms in total. The van der Waals surface area contributed by atoms with Gasteiger partial charge in [-0.3, -0.25) is 4.79 Å². The van der Waals surface area contributed by atoms with Crippen LogP contribution in [-0.2, 0) is 6.42 Å². The van der Waals surface area contributed by atoms with Gasteiger partial charge in [0.2, 0.25) is 0 Å². The number of carbonyl (C=O) groups excluding carboxylic acids is 1. The number of rotatable bonds is 4. The number of aromatic nitrogens is 1. The highest BCUT2D eigenvalue weighted by Gasteiger charge is 2.32. The first-order valence-electron chi connectivity index (χ1n) is 10.7. The van der Waals surface area contributed by atoms with Crippen molar-refractivity contribution in [3.63, 3.8) is 0 Å². The van der Waals surface area contributed by atoms with Crippen LogP contribution in [0.1, 0.15) is 78.2 Å². The van der Waals surface area contributed by atoms with Crippen LogP contribution < -0.4 is 5.43 Å². The van der Waals surface area contributed by atoms with Gasteiger partial charge in [-0.1, -0.05) is 57.5 Å². The number of carbonyl (C=O) groups is 1. The SMILES string of the molecule is CCC(C)C(C)c1ccc(C2CC3=NNC(=O)c4cccc5[nH]c(c3c45)C2)cc1. The van der Waals surface area contributed by atoms with Crippen molar-refractivity contribution in [1.82, 2.24) is 10.4 Å². The van der Waals surface area contributed by atoms with Crippen LogP contribution in [0.3, 0.4) is 0 Å². The zero-order chi connectivity index (χ0) is 20.1. The first kappa shape index (κ1) is 18.2. The van der Waals surface area contributed by atoms with Gasteiger partial charge in [0.15, 0.2) is 0 Å². The smallest absolute Gasteiger partial charge is 0.272 e. The number of hydrogen-bond donors (Lipinski definition) is 2. The molecular weight excluding hydrogens is 358 g/mol. The minimum absolute atomic E-state index is 0.126. The van der Waals surface area contributed by atoms with Crippen LogP contribution >= 0.6 is 0 Å². The summed E-state index contributed by atoms with van der Waals surface area (Å²) in [7, 11) is 0. The van der Waals surface area contributed by atoms with Crippen molar-refractivity contribution in [2.75, 3.05) is 0 Å². The van der Waals surface area contributed by atoms with Crippen molar-refractivity contribution >= 4 is 22.5 Å². The lowest BCUT2D eigenvalue weighted by molar-refractivity contribution is 0.0957. The maximum absolute atomic E-state index is 12.5. The number of amides is 1. The number of benzene rings is 2. The summed E-state index contributed by atoms with van der Waals surface area (Å²) in [6.07, 6.45) is 2.98. The van der Waals surface area contributed by atoms with Gasteiger partial charge >= 0.3 is 0 Å². The largest absolute Gasteiger partial charge is 0.358 e. The fourth-order valence-electron chi connectivity index (χ4n) is 4.89. The normalized spacial score (nSPS) is 20.0. The van der Waals surface area contributed by atoms with E-state index < -0.39 is 0 Å². The van der Waals surface area contributed by atoms with Gasteiger partial charge in [0, 0.05) is 22.2 Å². The van der Waals surface area contributed by atoms with E-state index in [1.165, 1.54) is 23.2 Å². The number of aromatic amines is 1. The number of nitrogens with zero attached hydrogens (tertiary/aromatic N) is 1. The molecule has 0 saturated carbocycles. The molecule has 1 aliphatic heterocycles. The quantitative estimate of drug-likeness (QED) is 0.612. The molecule has 0 bridgehead atoms. The molecule has 3 atom stereocenters. The van der Waals surface area contributed by atoms with E-state index in [0.29, 0.717) is 23.3 Å². The predicted molar refractivity (Wildman–Crippen MR) is 118 cm³/mol. The monoisotopic (exact) mass is 385 g/mol. The molecule has 0 fully saturated rings. The molecule has 1 aromatic heterocycles. The fourth-order valence-corrected chi connectivity index (χ4v) is 4.89. The van der Waals surface area contributed by atoms with Crippen molar-refractivity contribution in [1.29, 1.82) is 0 Å². The van der Waals surface area contributed by atoms with E-state index in [1.54, 1.807) is 0 Å². The van der Waals surface area contributed by atoms with E-state index in [0.717, 1.165) is 35.0 Å². The predicted octanol–water partition coefficient (Wildman–Crippen LogP) is 5.50. The third-order valence-corrected chi connectivity index (χ3v) is 7.05. The molecule has 0 spiro atoms. The van der Waals surface area contributed by atoms with E-state index in [4.69, 9.17) is 0 Å². The lowest BCUT2D eigenvalue weighted by Crippen LogP contribution is -2.22. The van der Waals surface area contributed by atoms with Gasteiger partial charge in [-0.25, -0.2) is 5.43 Å². The van der Waals surface area contributed by atoms with Crippen LogP contribution in [0.15, 0.2) is 47.6 Å². The van der Waals surface area contributed by atoms with E-state index >= 15 is 0 Å². The highest BCUT2D eigenvalue weighted by Crippen LogP contribution is 2.39. The number of H-pyrrole nitrogens is 1. The van der Waals surface area contributed by atoms with Crippen molar-refractivity contribution < 1.29 is 4.79 Å². The molecule has 2 N–H and O–H groups in total. The van der Waals surface area contributed by atoms with Crippen LogP contribution in [0.5, 0.6) is 0 Å². The molecule has 2 aromatic carbocycles. The third kappa shape index (κ3) is 2.89. The first-order chi connectivity index (χ1) is 14.1. The van der Waals surface area contributed by atoms with Crippen LogP contribution in [0.4, 0.5) is 0 Å². The summed E-state index contributed by atoms with van der Waals surface area (Å²) >= 11 is 0. The van der Waals surface area contributed by atoms with Crippen molar-refractivity contribution in [2.45, 2.75) is 51.9 Å². The Hall–Kier alpha value is -2.88. The molecule has 3 unspecified atom stereocenters. The average molecular weight is 386 g/mol. The lowest BCUT2D eigenvalue weighted by atomic mass is 9.80. The van der Waals surface area contributed by atoms with Gasteiger partial charge in [-0.2, -0.15) is 5.10 Å². The van der Waals surface area contributed by atoms with Gasteiger partial charge in [-0.05, 0) is 53.9 Å². The zero-order valence-corrected chi connectivity index (χ0v) is 17.3. The van der Waals surface area contributed by atoms with Crippen LogP contribution in [0, 0.1) is 5.92 Å². The molecule has 29 heavy (non-hydrogen) atoms. The van der Waals surface area contributed by atoms with E-state index in [2.05, 4.69) is 60.5 Å². The molecule has 3 aromatic rings. The minimum Gasteiger partial charge on any atom is -0.358 e. The zero-order valence-electron chi connectivity index (χ0n) is 17.3. The summed E-state index contributed by atoms with van der Waals surface area (Å²) in [6.45, 7) is 6.90. The standard InChI is InChI=1S/C25H27N3O/c1-4-14(2)15(3)16-8-10-17(11-9-16)18-12-21-24-22(13-18)27-28-25(29)19-6-5-7-20(26-21)23(19)24/h5-11,14-15,18,26H,4,12-13H2,1-3H3,(H,28,29). The van der Waals surface area contributed by atoms with Gasteiger partial charge in [0.25, 0.3) is 5.91 Å². The summed E-state index contributed by atoms with van der Waals surface area (Å²) in [5.74, 6) is 1.49. The van der Waals surface area contributed by atoms with Crippen molar-refractivity contribution in [3.05, 3.63) is 70.4 Å². The second-order valence-electron chi connectivity index (χ2n) is 8.65. The van der Waals surface area contributed by atoms with Gasteiger partial charge < -0.3 is 4.98 Å². The number of hydrogen-bond acceptors (Lipinski definition) is 2. The number of hydrazone groups is 1. The molecule has 1 aliphatic carbocycles. The molecular formula is C25H27N3O. The molecule has 5 rings (SSSR count). The topological polar surface area (TPSA) is 57.2 Å². The Balaban J connectivity index is 1.51. The molecule has 2 heterocycles. The summed E-state index contributed by atoms with van der Waals surface area (Å²) in [5, 5.41) is 5.52. The van der Waals surface area contributed by atoms with Gasteiger partial charge in [0.1, 0.15) is 0 Å². The van der Waals surface area contributed by atoms with Gasteiger partial charge in [0.05, 0.1) is 11.3 Å². The Morgan fingerprint density at radius 1 is 1.10 bits per heavy atom. The Labute approximate surface area is 171 Å². The molecule has 1 amide bonds. The maximum atomic E-state index is 12.5. The molecule has 0 saturated heterocycles. The molecule has 0 radical (unpaired) electrons. The van der Waals surface area contributed by atoms with Gasteiger partial charge in [-0.15, -0.1) is 0 Å². The summed E-state index contributed by atoms with van der Waals surface area (Å²) in [5.41, 5.74) is 10.5. The average Bonchev–Trinajstić information content (AvgIpc) is 3.07. The first-order valence-corrected chi connectivity index (χ1v) is 10.7. The maximum Gasteiger partial charge on any atom is 0.272 e. The Kier molecular flexibility index (Phi) is 4.30. The van der Waals surface area contributed by atoms with Crippen LogP contribution in [0.2, 0.25) is 0 Å². The van der Waals surface area contributed by atoms with E-state index in [9.17, 15) is 4.79 Å². The Morgan fingerprint density at radius 2 is 1.90 bits per heavy atom. The Bertz CT molecular complexity index is 1120. The molecule has 148 valence electrons. The van der Waals surface area contributed by atoms with E-state index in [1.807, 2.05) is 18.2 Å². The van der Waals surface area contributed by atoms with Crippen LogP contribution in [0.25, 0.3) is 10.9 Å².